The molecule has 1 rings (SSSR count). The van der Waals surface area contributed by atoms with Crippen LogP contribution in [0.3, 0.4) is 0 Å². The van der Waals surface area contributed by atoms with Crippen molar-refractivity contribution in [3.8, 4) is 0 Å². The van der Waals surface area contributed by atoms with Crippen LogP contribution in [0.25, 0.3) is 0 Å². The Balaban J connectivity index is 0. The van der Waals surface area contributed by atoms with Crippen LogP contribution in [-0.2, 0) is 52.1 Å². The summed E-state index contributed by atoms with van der Waals surface area (Å²) in [5, 5.41) is 0. The number of nitrogens with zero attached hydrogens (tertiary/aromatic N) is 1. The molecule has 0 aromatic heterocycles. The Bertz CT molecular complexity index is 421. The van der Waals surface area contributed by atoms with Crippen LogP contribution in [0.2, 0.25) is 0 Å². The van der Waals surface area contributed by atoms with Gasteiger partial charge in [-0.2, -0.15) is 0 Å². The Morgan fingerprint density at radius 3 is 1.72 bits per heavy atom. The standard InChI is InChI=1S/C14H20N.CH3.W.Y/c1-9-10(2)12(4)14(8-15(6)7)13(5)11(9)3;;;/h4H2,1-3,5-7H3;1H3;;/q2*-1;;. The molecule has 0 spiro atoms. The minimum atomic E-state index is 0. The van der Waals surface area contributed by atoms with Gasteiger partial charge >= 0.3 is 110 Å². The second-order valence-electron chi connectivity index (χ2n) is 4.55. The van der Waals surface area contributed by atoms with E-state index >= 15 is 0 Å². The fourth-order valence-corrected chi connectivity index (χ4v) is 2.90. The van der Waals surface area contributed by atoms with E-state index in [1.807, 2.05) is 0 Å². The summed E-state index contributed by atoms with van der Waals surface area (Å²) in [5.41, 5.74) is 8.04. The van der Waals surface area contributed by atoms with E-state index in [9.17, 15) is 0 Å². The predicted octanol–water partition coefficient (Wildman–Crippen LogP) is 3.14. The Hall–Kier alpha value is 0.712. The average Bonchev–Trinajstić information content (AvgIpc) is 2.23. The molecule has 1 aromatic rings. The molecule has 0 N–H and O–H groups in total. The van der Waals surface area contributed by atoms with E-state index < -0.39 is 0 Å². The first kappa shape index (κ1) is 21.0. The molecule has 3 heteroatoms. The molecule has 18 heavy (non-hydrogen) atoms. The van der Waals surface area contributed by atoms with Crippen molar-refractivity contribution >= 4 is 4.02 Å². The third kappa shape index (κ3) is 3.86. The molecule has 0 aliphatic carbocycles. The molecule has 0 unspecified atom stereocenters. The van der Waals surface area contributed by atoms with Crippen LogP contribution in [0, 0.1) is 42.0 Å². The van der Waals surface area contributed by atoms with E-state index in [0.717, 1.165) is 0 Å². The average molecular weight is 490 g/mol. The van der Waals surface area contributed by atoms with Crippen molar-refractivity contribution in [2.75, 3.05) is 14.1 Å². The van der Waals surface area contributed by atoms with Gasteiger partial charge < -0.3 is 7.43 Å². The van der Waals surface area contributed by atoms with Crippen LogP contribution in [0.4, 0.5) is 0 Å². The summed E-state index contributed by atoms with van der Waals surface area (Å²) >= 11 is 1.50. The molecule has 0 fully saturated rings. The summed E-state index contributed by atoms with van der Waals surface area (Å²) in [4.78, 5) is 2.19. The van der Waals surface area contributed by atoms with E-state index in [0.29, 0.717) is 0 Å². The van der Waals surface area contributed by atoms with Gasteiger partial charge in [0.05, 0.1) is 0 Å². The molecular weight excluding hydrogens is 467 g/mol. The Morgan fingerprint density at radius 2 is 1.33 bits per heavy atom. The number of hydrogen-bond acceptors (Lipinski definition) is 1. The minimum Gasteiger partial charge on any atom is -0.358 e. The van der Waals surface area contributed by atoms with Gasteiger partial charge in [-0.05, 0) is 0 Å². The summed E-state index contributed by atoms with van der Waals surface area (Å²) in [5.74, 6) is 0. The zero-order valence-electron chi connectivity index (χ0n) is 12.6. The number of rotatable bonds is 2. The second-order valence-corrected chi connectivity index (χ2v) is 5.94. The van der Waals surface area contributed by atoms with Crippen LogP contribution < -0.4 is 0 Å². The maximum Gasteiger partial charge on any atom is 0 e. The molecule has 0 amide bonds. The quantitative estimate of drug-likeness (QED) is 0.577. The van der Waals surface area contributed by atoms with E-state index in [4.69, 9.17) is 0 Å². The molecular formula is C15H23NWY-2. The van der Waals surface area contributed by atoms with Crippen molar-refractivity contribution in [3.05, 3.63) is 47.7 Å². The van der Waals surface area contributed by atoms with Crippen LogP contribution >= 0.6 is 0 Å². The largest absolute Gasteiger partial charge is 0.358 e. The predicted molar refractivity (Wildman–Crippen MR) is 74.1 cm³/mol. The second kappa shape index (κ2) is 8.10. The summed E-state index contributed by atoms with van der Waals surface area (Å²) in [6, 6.07) is 0. The van der Waals surface area contributed by atoms with Crippen molar-refractivity contribution in [3.63, 3.8) is 0 Å². The summed E-state index contributed by atoms with van der Waals surface area (Å²) < 4.78 is 1.37. The summed E-state index contributed by atoms with van der Waals surface area (Å²) in [7, 11) is 4.21. The maximum atomic E-state index is 4.25. The number of hydrogen-bond donors (Lipinski definition) is 0. The zero-order valence-corrected chi connectivity index (χ0v) is 18.4. The van der Waals surface area contributed by atoms with Crippen LogP contribution in [0.5, 0.6) is 0 Å². The molecule has 1 aromatic carbocycles. The third-order valence-electron chi connectivity index (χ3n) is 3.44. The fraction of sp³-hybridized carbons (Fsp3) is 0.400. The van der Waals surface area contributed by atoms with Gasteiger partial charge in [0.25, 0.3) is 0 Å². The van der Waals surface area contributed by atoms with Gasteiger partial charge in [0, 0.05) is 32.7 Å². The molecule has 1 radical (unpaired) electrons. The first-order valence-corrected chi connectivity index (χ1v) is 6.89. The molecule has 0 aliphatic heterocycles. The Morgan fingerprint density at radius 1 is 0.944 bits per heavy atom. The van der Waals surface area contributed by atoms with Crippen LogP contribution in [-0.4, -0.2) is 23.0 Å². The Labute approximate surface area is 149 Å². The molecule has 0 saturated heterocycles. The number of benzene rings is 1. The zero-order chi connectivity index (χ0) is 12.6. The minimum absolute atomic E-state index is 0. The van der Waals surface area contributed by atoms with Gasteiger partial charge in [0.2, 0.25) is 0 Å². The SMILES string of the molecule is [CH2-]c1c(C)c(C)c(C)c(C)c1[C](=[W])N(C)C.[CH3-].[Y]. The van der Waals surface area contributed by atoms with E-state index in [1.54, 1.807) is 0 Å². The van der Waals surface area contributed by atoms with Gasteiger partial charge in [0.1, 0.15) is 0 Å². The van der Waals surface area contributed by atoms with Gasteiger partial charge in [-0.25, -0.2) is 0 Å². The normalized spacial score (nSPS) is 9.72. The van der Waals surface area contributed by atoms with Gasteiger partial charge in [-0.1, -0.05) is 0 Å². The first-order chi connectivity index (χ1) is 7.29. The van der Waals surface area contributed by atoms with Crippen molar-refractivity contribution in [1.82, 2.24) is 4.90 Å². The summed E-state index contributed by atoms with van der Waals surface area (Å²) in [6.45, 7) is 13.0. The topological polar surface area (TPSA) is 3.24 Å². The van der Waals surface area contributed by atoms with Gasteiger partial charge in [-0.15, -0.1) is 0 Å². The van der Waals surface area contributed by atoms with Crippen LogP contribution in [0.1, 0.15) is 33.4 Å². The van der Waals surface area contributed by atoms with Crippen molar-refractivity contribution in [1.29, 1.82) is 0 Å². The van der Waals surface area contributed by atoms with Crippen molar-refractivity contribution in [2.45, 2.75) is 27.7 Å². The van der Waals surface area contributed by atoms with E-state index in [1.165, 1.54) is 56.8 Å². The van der Waals surface area contributed by atoms with Crippen molar-refractivity contribution < 1.29 is 52.1 Å². The molecule has 0 aliphatic rings. The molecule has 0 bridgehead atoms. The first-order valence-electron chi connectivity index (χ1n) is 5.43. The fourth-order valence-electron chi connectivity index (χ4n) is 1.90. The van der Waals surface area contributed by atoms with Crippen LogP contribution in [0.15, 0.2) is 0 Å². The van der Waals surface area contributed by atoms with E-state index in [2.05, 4.69) is 53.6 Å². The van der Waals surface area contributed by atoms with Crippen molar-refractivity contribution in [2.24, 2.45) is 0 Å². The molecule has 1 nitrogen and oxygen atoms in total. The van der Waals surface area contributed by atoms with E-state index in [-0.39, 0.29) is 40.1 Å². The summed E-state index contributed by atoms with van der Waals surface area (Å²) in [6.07, 6.45) is 0. The third-order valence-corrected chi connectivity index (χ3v) is 5.48. The maximum absolute atomic E-state index is 4.25. The molecule has 0 heterocycles. The molecule has 0 atom stereocenters. The molecule has 99 valence electrons. The monoisotopic (exact) mass is 490 g/mol. The van der Waals surface area contributed by atoms with Gasteiger partial charge in [0.15, 0.2) is 0 Å². The smallest absolute Gasteiger partial charge is 0 e. The van der Waals surface area contributed by atoms with Gasteiger partial charge in [-0.3, -0.25) is 0 Å². The Kier molecular flexibility index (Phi) is 9.46. The molecule has 0 saturated carbocycles.